The molecule has 0 atom stereocenters. The molecule has 0 radical (unpaired) electrons. The Kier molecular flexibility index (Phi) is 6.10. The van der Waals surface area contributed by atoms with E-state index in [1.807, 2.05) is 48.5 Å². The average Bonchev–Trinajstić information content (AvgIpc) is 3.84. The van der Waals surface area contributed by atoms with E-state index in [1.165, 1.54) is 44.0 Å². The summed E-state index contributed by atoms with van der Waals surface area (Å²) in [6.07, 6.45) is 0. The van der Waals surface area contributed by atoms with Crippen molar-refractivity contribution in [2.24, 2.45) is 0 Å². The Labute approximate surface area is 325 Å². The number of para-hydroxylation sites is 2. The third-order valence-electron chi connectivity index (χ3n) is 11.8. The Hall–Kier alpha value is -7.76. The monoisotopic (exact) mass is 727 g/mol. The minimum atomic E-state index is 0.640. The predicted molar refractivity (Wildman–Crippen MR) is 234 cm³/mol. The summed E-state index contributed by atoms with van der Waals surface area (Å²) in [5.41, 5.74) is 12.4. The number of anilines is 3. The molecule has 0 saturated heterocycles. The van der Waals surface area contributed by atoms with Gasteiger partial charge in [-0.05, 0) is 87.1 Å². The second kappa shape index (κ2) is 11.4. The molecular weight excluding hydrogens is 699 g/mol. The Morgan fingerprint density at radius 2 is 1.05 bits per heavy atom. The van der Waals surface area contributed by atoms with Crippen LogP contribution in [0, 0.1) is 0 Å². The maximum Gasteiger partial charge on any atom is 0.180 e. The molecule has 57 heavy (non-hydrogen) atoms. The molecule has 0 fully saturated rings. The highest BCUT2D eigenvalue weighted by Crippen LogP contribution is 2.52. The molecule has 0 amide bonds. The zero-order valence-electron chi connectivity index (χ0n) is 30.4. The molecular formula is C52H29N3O2. The average molecular weight is 728 g/mol. The molecule has 264 valence electrons. The summed E-state index contributed by atoms with van der Waals surface area (Å²) < 4.78 is 12.9. The van der Waals surface area contributed by atoms with Gasteiger partial charge in [0.15, 0.2) is 11.4 Å². The maximum absolute atomic E-state index is 6.58. The first-order valence-corrected chi connectivity index (χ1v) is 19.2. The van der Waals surface area contributed by atoms with Crippen molar-refractivity contribution in [2.75, 3.05) is 4.90 Å². The Bertz CT molecular complexity index is 3670. The fourth-order valence-corrected chi connectivity index (χ4v) is 9.24. The Morgan fingerprint density at radius 3 is 1.93 bits per heavy atom. The van der Waals surface area contributed by atoms with Crippen molar-refractivity contribution in [1.29, 1.82) is 0 Å². The smallest absolute Gasteiger partial charge is 0.180 e. The van der Waals surface area contributed by atoms with Crippen molar-refractivity contribution in [1.82, 2.24) is 9.97 Å². The second-order valence-corrected chi connectivity index (χ2v) is 14.9. The van der Waals surface area contributed by atoms with Gasteiger partial charge in [-0.3, -0.25) is 0 Å². The molecule has 0 aliphatic carbocycles. The number of benzene rings is 9. The number of fused-ring (bicyclic) bond motifs is 10. The number of hydrogen-bond acceptors (Lipinski definition) is 5. The lowest BCUT2D eigenvalue weighted by molar-refractivity contribution is 0.667. The van der Waals surface area contributed by atoms with Crippen LogP contribution in [-0.4, -0.2) is 9.97 Å². The molecule has 0 unspecified atom stereocenters. The van der Waals surface area contributed by atoms with E-state index in [1.54, 1.807) is 0 Å². The van der Waals surface area contributed by atoms with Gasteiger partial charge in [-0.2, -0.15) is 0 Å². The van der Waals surface area contributed by atoms with Crippen LogP contribution in [0.3, 0.4) is 0 Å². The third-order valence-corrected chi connectivity index (χ3v) is 11.8. The topological polar surface area (TPSA) is 55.3 Å². The molecule has 1 aliphatic heterocycles. The highest BCUT2D eigenvalue weighted by atomic mass is 16.3. The van der Waals surface area contributed by atoms with Crippen molar-refractivity contribution >= 4 is 93.4 Å². The van der Waals surface area contributed by atoms with Crippen LogP contribution >= 0.6 is 0 Å². The van der Waals surface area contributed by atoms with E-state index in [0.717, 1.165) is 71.7 Å². The lowest BCUT2D eigenvalue weighted by Crippen LogP contribution is -2.15. The van der Waals surface area contributed by atoms with Gasteiger partial charge in [-0.1, -0.05) is 121 Å². The predicted octanol–water partition coefficient (Wildman–Crippen LogP) is 14.5. The second-order valence-electron chi connectivity index (χ2n) is 14.9. The van der Waals surface area contributed by atoms with Gasteiger partial charge >= 0.3 is 0 Å². The number of rotatable bonds is 3. The van der Waals surface area contributed by atoms with E-state index in [0.29, 0.717) is 11.4 Å². The van der Waals surface area contributed by atoms with E-state index in [2.05, 4.69) is 132 Å². The first kappa shape index (κ1) is 30.6. The minimum Gasteiger partial charge on any atom is -0.456 e. The maximum atomic E-state index is 6.58. The Morgan fingerprint density at radius 1 is 0.386 bits per heavy atom. The molecule has 1 aliphatic rings. The molecule has 0 bridgehead atoms. The molecule has 4 heterocycles. The third kappa shape index (κ3) is 4.34. The standard InChI is InChI=1S/C52H29N3O2/c1-2-12-32-29-43-41(28-31(32)11-1)36-18-7-13-30-14-9-21-42(47(30)36)55(43)34-25-26-35-33(27-34)15-8-19-37(35)52-53-49-39-17-4-6-23-45(39)57-51(49)50(54-52)40-20-10-24-46-48(40)38-16-3-5-22-44(38)56-46/h1-29H. The van der Waals surface area contributed by atoms with Gasteiger partial charge < -0.3 is 13.7 Å². The molecule has 3 aromatic heterocycles. The normalized spacial score (nSPS) is 12.5. The van der Waals surface area contributed by atoms with Gasteiger partial charge in [-0.15, -0.1) is 0 Å². The molecule has 9 aromatic carbocycles. The van der Waals surface area contributed by atoms with Crippen molar-refractivity contribution in [3.8, 4) is 33.8 Å². The van der Waals surface area contributed by atoms with Crippen molar-refractivity contribution in [3.63, 3.8) is 0 Å². The van der Waals surface area contributed by atoms with E-state index in [4.69, 9.17) is 18.8 Å². The van der Waals surface area contributed by atoms with E-state index in [9.17, 15) is 0 Å². The largest absolute Gasteiger partial charge is 0.456 e. The highest BCUT2D eigenvalue weighted by Gasteiger charge is 2.27. The molecule has 13 rings (SSSR count). The highest BCUT2D eigenvalue weighted by molar-refractivity contribution is 6.18. The number of hydrogen-bond donors (Lipinski definition) is 0. The van der Waals surface area contributed by atoms with E-state index >= 15 is 0 Å². The van der Waals surface area contributed by atoms with Gasteiger partial charge in [0.05, 0.1) is 11.4 Å². The van der Waals surface area contributed by atoms with Crippen LogP contribution in [0.25, 0.3) is 110 Å². The van der Waals surface area contributed by atoms with E-state index in [-0.39, 0.29) is 0 Å². The minimum absolute atomic E-state index is 0.640. The van der Waals surface area contributed by atoms with Crippen molar-refractivity contribution in [3.05, 3.63) is 176 Å². The summed E-state index contributed by atoms with van der Waals surface area (Å²) in [5, 5.41) is 10.1. The van der Waals surface area contributed by atoms with Crippen LogP contribution < -0.4 is 4.90 Å². The SMILES string of the molecule is c1ccc2cc3c(cc2c1)-c1cccc2cccc(c12)N3c1ccc2c(-c3nc(-c4cccc5oc6ccccc6c45)c4oc5ccccc5c4n3)cccc2c1. The number of nitrogens with zero attached hydrogens (tertiary/aromatic N) is 3. The zero-order valence-corrected chi connectivity index (χ0v) is 30.4. The Balaban J connectivity index is 1.04. The summed E-state index contributed by atoms with van der Waals surface area (Å²) >= 11 is 0. The fraction of sp³-hybridized carbons (Fsp3) is 0. The van der Waals surface area contributed by atoms with Gasteiger partial charge in [0.1, 0.15) is 28.0 Å². The summed E-state index contributed by atoms with van der Waals surface area (Å²) in [5.74, 6) is 0.640. The first-order valence-electron chi connectivity index (χ1n) is 19.2. The summed E-state index contributed by atoms with van der Waals surface area (Å²) in [7, 11) is 0. The number of furan rings is 2. The molecule has 0 N–H and O–H groups in total. The van der Waals surface area contributed by atoms with Crippen LogP contribution in [0.1, 0.15) is 0 Å². The number of aromatic nitrogens is 2. The zero-order chi connectivity index (χ0) is 37.2. The first-order chi connectivity index (χ1) is 28.2. The lowest BCUT2D eigenvalue weighted by Gasteiger charge is -2.34. The van der Waals surface area contributed by atoms with Gasteiger partial charge in [0.25, 0.3) is 0 Å². The van der Waals surface area contributed by atoms with Gasteiger partial charge in [0.2, 0.25) is 0 Å². The van der Waals surface area contributed by atoms with Crippen LogP contribution in [0.5, 0.6) is 0 Å². The fourth-order valence-electron chi connectivity index (χ4n) is 9.24. The lowest BCUT2D eigenvalue weighted by atomic mass is 9.89. The van der Waals surface area contributed by atoms with Crippen LogP contribution in [0.15, 0.2) is 185 Å². The summed E-state index contributed by atoms with van der Waals surface area (Å²) in [6.45, 7) is 0. The van der Waals surface area contributed by atoms with Crippen molar-refractivity contribution < 1.29 is 8.83 Å². The van der Waals surface area contributed by atoms with Gasteiger partial charge in [0, 0.05) is 43.9 Å². The van der Waals surface area contributed by atoms with E-state index < -0.39 is 0 Å². The molecule has 0 saturated carbocycles. The van der Waals surface area contributed by atoms with Gasteiger partial charge in [-0.25, -0.2) is 9.97 Å². The summed E-state index contributed by atoms with van der Waals surface area (Å²) in [4.78, 5) is 13.1. The molecule has 0 spiro atoms. The van der Waals surface area contributed by atoms with Crippen molar-refractivity contribution in [2.45, 2.75) is 0 Å². The molecule has 5 nitrogen and oxygen atoms in total. The molecule has 5 heteroatoms. The van der Waals surface area contributed by atoms with Crippen LogP contribution in [-0.2, 0) is 0 Å². The quantitative estimate of drug-likeness (QED) is 0.181. The molecule has 12 aromatic rings. The summed E-state index contributed by atoms with van der Waals surface area (Å²) in [6, 6.07) is 62.2. The van der Waals surface area contributed by atoms with Crippen LogP contribution in [0.4, 0.5) is 17.1 Å². The van der Waals surface area contributed by atoms with Crippen LogP contribution in [0.2, 0.25) is 0 Å².